The van der Waals surface area contributed by atoms with Crippen molar-refractivity contribution in [3.05, 3.63) is 29.8 Å². The van der Waals surface area contributed by atoms with E-state index in [-0.39, 0.29) is 5.54 Å². The molecule has 0 amide bonds. The van der Waals surface area contributed by atoms with Gasteiger partial charge < -0.3 is 5.32 Å². The summed E-state index contributed by atoms with van der Waals surface area (Å²) in [5.41, 5.74) is 1.76. The van der Waals surface area contributed by atoms with Crippen molar-refractivity contribution in [2.75, 3.05) is 17.6 Å². The van der Waals surface area contributed by atoms with Crippen LogP contribution in [0.1, 0.15) is 31.7 Å². The Morgan fingerprint density at radius 3 is 2.94 bits per heavy atom. The predicted molar refractivity (Wildman–Crippen MR) is 80.4 cm³/mol. The number of nitrogens with one attached hydrogen (secondary N) is 1. The number of thioether (sulfide) groups is 1. The van der Waals surface area contributed by atoms with Crippen LogP contribution in [0.5, 0.6) is 0 Å². The average Bonchev–Trinajstić information content (AvgIpc) is 2.70. The molecule has 0 bridgehead atoms. The zero-order valence-electron chi connectivity index (χ0n) is 10.5. The Morgan fingerprint density at radius 1 is 1.41 bits per heavy atom. The fraction of sp³-hybridized carbons (Fsp3) is 0.571. The minimum Gasteiger partial charge on any atom is -0.311 e. The van der Waals surface area contributed by atoms with Crippen molar-refractivity contribution in [1.82, 2.24) is 5.32 Å². The second-order valence-electron chi connectivity index (χ2n) is 5.25. The van der Waals surface area contributed by atoms with Crippen molar-refractivity contribution in [3.63, 3.8) is 0 Å². The molecular formula is C14H20BrNS. The molecule has 1 aromatic carbocycles. The van der Waals surface area contributed by atoms with Crippen LogP contribution >= 0.6 is 27.7 Å². The summed E-state index contributed by atoms with van der Waals surface area (Å²) in [6.07, 6.45) is 1.16. The van der Waals surface area contributed by atoms with Crippen molar-refractivity contribution in [1.29, 1.82) is 0 Å². The van der Waals surface area contributed by atoms with Gasteiger partial charge in [0.2, 0.25) is 0 Å². The maximum atomic E-state index is 3.70. The van der Waals surface area contributed by atoms with E-state index in [4.69, 9.17) is 0 Å². The van der Waals surface area contributed by atoms with Crippen LogP contribution in [-0.2, 0) is 0 Å². The lowest BCUT2D eigenvalue weighted by Crippen LogP contribution is -2.41. The Kier molecular flexibility index (Phi) is 4.56. The van der Waals surface area contributed by atoms with E-state index < -0.39 is 0 Å². The van der Waals surface area contributed by atoms with Gasteiger partial charge in [-0.1, -0.05) is 34.1 Å². The highest BCUT2D eigenvalue weighted by atomic mass is 79.9. The Labute approximate surface area is 117 Å². The second-order valence-corrected chi connectivity index (χ2v) is 7.10. The van der Waals surface area contributed by atoms with E-state index in [2.05, 4.69) is 59.4 Å². The summed E-state index contributed by atoms with van der Waals surface area (Å²) >= 11 is 5.51. The number of alkyl halides is 1. The SMILES string of the molecule is CC(C)(CCBr)NCC1CSc2ccccc21. The van der Waals surface area contributed by atoms with E-state index in [1.165, 1.54) is 16.2 Å². The molecule has 1 aliphatic rings. The maximum Gasteiger partial charge on any atom is 0.0133 e. The third-order valence-corrected chi connectivity index (χ3v) is 4.99. The zero-order valence-corrected chi connectivity index (χ0v) is 12.9. The number of halogens is 1. The van der Waals surface area contributed by atoms with Crippen LogP contribution in [0.15, 0.2) is 29.2 Å². The highest BCUT2D eigenvalue weighted by Crippen LogP contribution is 2.39. The van der Waals surface area contributed by atoms with Gasteiger partial charge in [-0.25, -0.2) is 0 Å². The quantitative estimate of drug-likeness (QED) is 0.824. The molecule has 17 heavy (non-hydrogen) atoms. The van der Waals surface area contributed by atoms with Crippen LogP contribution in [0, 0.1) is 0 Å². The van der Waals surface area contributed by atoms with Gasteiger partial charge in [-0.2, -0.15) is 0 Å². The first-order valence-corrected chi connectivity index (χ1v) is 8.26. The van der Waals surface area contributed by atoms with Crippen molar-refractivity contribution in [2.45, 2.75) is 36.6 Å². The maximum absolute atomic E-state index is 3.70. The van der Waals surface area contributed by atoms with Crippen LogP contribution in [0.3, 0.4) is 0 Å². The fourth-order valence-electron chi connectivity index (χ4n) is 2.12. The zero-order chi connectivity index (χ0) is 12.3. The molecule has 1 heterocycles. The normalized spacial score (nSPS) is 19.4. The molecule has 1 N–H and O–H groups in total. The number of hydrogen-bond acceptors (Lipinski definition) is 2. The molecule has 94 valence electrons. The van der Waals surface area contributed by atoms with Gasteiger partial charge in [-0.3, -0.25) is 0 Å². The van der Waals surface area contributed by atoms with E-state index in [1.807, 2.05) is 11.8 Å². The number of fused-ring (bicyclic) bond motifs is 1. The minimum atomic E-state index is 0.228. The van der Waals surface area contributed by atoms with Gasteiger partial charge in [-0.15, -0.1) is 11.8 Å². The summed E-state index contributed by atoms with van der Waals surface area (Å²) in [7, 11) is 0. The summed E-state index contributed by atoms with van der Waals surface area (Å²) in [4.78, 5) is 1.47. The highest BCUT2D eigenvalue weighted by molar-refractivity contribution is 9.09. The molecule has 0 radical (unpaired) electrons. The standard InChI is InChI=1S/C14H20BrNS/c1-14(2,7-8-15)16-9-11-10-17-13-6-4-3-5-12(11)13/h3-6,11,16H,7-10H2,1-2H3. The number of benzene rings is 1. The van der Waals surface area contributed by atoms with Gasteiger partial charge in [0.1, 0.15) is 0 Å². The lowest BCUT2D eigenvalue weighted by Gasteiger charge is -2.27. The third kappa shape index (κ3) is 3.49. The Bertz CT molecular complexity index is 378. The topological polar surface area (TPSA) is 12.0 Å². The van der Waals surface area contributed by atoms with Crippen molar-refractivity contribution >= 4 is 27.7 Å². The van der Waals surface area contributed by atoms with E-state index in [1.54, 1.807) is 0 Å². The third-order valence-electron chi connectivity index (χ3n) is 3.35. The van der Waals surface area contributed by atoms with E-state index >= 15 is 0 Å². The van der Waals surface area contributed by atoms with Gasteiger partial charge in [-0.05, 0) is 31.9 Å². The summed E-state index contributed by atoms with van der Waals surface area (Å²) in [5, 5.41) is 4.76. The molecule has 2 rings (SSSR count). The van der Waals surface area contributed by atoms with Crippen LogP contribution < -0.4 is 5.32 Å². The Morgan fingerprint density at radius 2 is 2.18 bits per heavy atom. The van der Waals surface area contributed by atoms with Crippen LogP contribution in [0.25, 0.3) is 0 Å². The highest BCUT2D eigenvalue weighted by Gasteiger charge is 2.25. The summed E-state index contributed by atoms with van der Waals surface area (Å²) in [6.45, 7) is 5.65. The smallest absolute Gasteiger partial charge is 0.0133 e. The van der Waals surface area contributed by atoms with Crippen molar-refractivity contribution < 1.29 is 0 Å². The molecule has 0 aromatic heterocycles. The fourth-order valence-corrected chi connectivity index (χ4v) is 4.37. The summed E-state index contributed by atoms with van der Waals surface area (Å²) in [6, 6.07) is 8.81. The van der Waals surface area contributed by atoms with E-state index in [9.17, 15) is 0 Å². The first-order valence-electron chi connectivity index (χ1n) is 6.15. The van der Waals surface area contributed by atoms with E-state index in [0.29, 0.717) is 5.92 Å². The minimum absolute atomic E-state index is 0.228. The predicted octanol–water partition coefficient (Wildman–Crippen LogP) is 4.03. The second kappa shape index (κ2) is 5.77. The number of hydrogen-bond donors (Lipinski definition) is 1. The van der Waals surface area contributed by atoms with Gasteiger partial charge in [0.15, 0.2) is 0 Å². The van der Waals surface area contributed by atoms with E-state index in [0.717, 1.165) is 18.3 Å². The first-order chi connectivity index (χ1) is 8.12. The molecule has 1 aromatic rings. The monoisotopic (exact) mass is 313 g/mol. The number of rotatable bonds is 5. The molecule has 1 atom stereocenters. The molecule has 0 saturated carbocycles. The van der Waals surface area contributed by atoms with Crippen molar-refractivity contribution in [2.24, 2.45) is 0 Å². The largest absolute Gasteiger partial charge is 0.311 e. The van der Waals surface area contributed by atoms with Gasteiger partial charge in [0, 0.05) is 34.0 Å². The summed E-state index contributed by atoms with van der Waals surface area (Å²) in [5.74, 6) is 1.89. The lowest BCUT2D eigenvalue weighted by atomic mass is 9.97. The molecule has 0 saturated heterocycles. The Balaban J connectivity index is 1.94. The molecular weight excluding hydrogens is 294 g/mol. The van der Waals surface area contributed by atoms with Crippen molar-refractivity contribution in [3.8, 4) is 0 Å². The molecule has 1 nitrogen and oxygen atoms in total. The van der Waals surface area contributed by atoms with Crippen LogP contribution in [0.2, 0.25) is 0 Å². The molecule has 3 heteroatoms. The Hall–Kier alpha value is 0.0100. The summed E-state index contributed by atoms with van der Waals surface area (Å²) < 4.78 is 0. The van der Waals surface area contributed by atoms with Crippen LogP contribution in [-0.4, -0.2) is 23.2 Å². The molecule has 0 fully saturated rings. The van der Waals surface area contributed by atoms with Gasteiger partial charge >= 0.3 is 0 Å². The molecule has 0 aliphatic carbocycles. The van der Waals surface area contributed by atoms with Gasteiger partial charge in [0.25, 0.3) is 0 Å². The lowest BCUT2D eigenvalue weighted by molar-refractivity contribution is 0.372. The van der Waals surface area contributed by atoms with Crippen LogP contribution in [0.4, 0.5) is 0 Å². The molecule has 1 unspecified atom stereocenters. The first kappa shape index (κ1) is 13.4. The van der Waals surface area contributed by atoms with Gasteiger partial charge in [0.05, 0.1) is 0 Å². The molecule has 1 aliphatic heterocycles. The average molecular weight is 314 g/mol. The molecule has 0 spiro atoms.